The van der Waals surface area contributed by atoms with E-state index in [2.05, 4.69) is 16.0 Å². The topological polar surface area (TPSA) is 79.5 Å². The maximum atomic E-state index is 12.1. The van der Waals surface area contributed by atoms with E-state index in [1.54, 1.807) is 37.4 Å². The summed E-state index contributed by atoms with van der Waals surface area (Å²) in [5, 5.41) is 9.32. The molecule has 2 aromatic carbocycles. The molecule has 0 fully saturated rings. The minimum atomic E-state index is -0.189. The van der Waals surface area contributed by atoms with E-state index in [9.17, 15) is 9.59 Å². The summed E-state index contributed by atoms with van der Waals surface area (Å²) in [5.41, 5.74) is 2.88. The van der Waals surface area contributed by atoms with Crippen molar-refractivity contribution < 1.29 is 14.3 Å². The van der Waals surface area contributed by atoms with Gasteiger partial charge in [-0.25, -0.2) is 0 Å². The van der Waals surface area contributed by atoms with Crippen LogP contribution in [0.1, 0.15) is 22.3 Å². The number of carbonyl (C=O) groups is 2. The maximum Gasteiger partial charge on any atom is 0.251 e. The van der Waals surface area contributed by atoms with Gasteiger partial charge in [-0.2, -0.15) is 0 Å². The molecule has 6 nitrogen and oxygen atoms in total. The normalized spacial score (nSPS) is 10.3. The van der Waals surface area contributed by atoms with Crippen LogP contribution in [0, 0.1) is 6.92 Å². The smallest absolute Gasteiger partial charge is 0.251 e. The number of anilines is 2. The zero-order chi connectivity index (χ0) is 19.6. The molecule has 0 unspecified atom stereocenters. The Hall–Kier alpha value is -2.57. The van der Waals surface area contributed by atoms with E-state index in [0.29, 0.717) is 29.4 Å². The van der Waals surface area contributed by atoms with Crippen molar-refractivity contribution in [3.8, 4) is 0 Å². The van der Waals surface area contributed by atoms with E-state index in [4.69, 9.17) is 16.3 Å². The fraction of sp³-hybridized carbons (Fsp3) is 0.300. The van der Waals surface area contributed by atoms with Gasteiger partial charge in [0, 0.05) is 42.2 Å². The van der Waals surface area contributed by atoms with Gasteiger partial charge < -0.3 is 20.7 Å². The maximum absolute atomic E-state index is 12.1. The summed E-state index contributed by atoms with van der Waals surface area (Å²) < 4.78 is 4.94. The van der Waals surface area contributed by atoms with Crippen LogP contribution in [0.2, 0.25) is 5.02 Å². The molecular formula is C20H24ClN3O3. The van der Waals surface area contributed by atoms with E-state index in [1.807, 2.05) is 19.1 Å². The Morgan fingerprint density at radius 1 is 1.11 bits per heavy atom. The quantitative estimate of drug-likeness (QED) is 0.574. The second-order valence-corrected chi connectivity index (χ2v) is 6.40. The average Bonchev–Trinajstić information content (AvgIpc) is 2.67. The van der Waals surface area contributed by atoms with Gasteiger partial charge in [0.05, 0.1) is 6.54 Å². The van der Waals surface area contributed by atoms with Crippen LogP contribution in [0.15, 0.2) is 42.5 Å². The molecule has 0 aliphatic heterocycles. The van der Waals surface area contributed by atoms with Gasteiger partial charge in [0.1, 0.15) is 0 Å². The molecule has 0 heterocycles. The first kappa shape index (κ1) is 20.7. The van der Waals surface area contributed by atoms with Gasteiger partial charge in [-0.1, -0.05) is 17.7 Å². The van der Waals surface area contributed by atoms with Crippen LogP contribution in [0.25, 0.3) is 0 Å². The molecule has 0 aliphatic carbocycles. The van der Waals surface area contributed by atoms with Crippen molar-refractivity contribution >= 4 is 34.8 Å². The average molecular weight is 390 g/mol. The number of benzene rings is 2. The molecule has 0 saturated carbocycles. The molecular weight excluding hydrogens is 366 g/mol. The summed E-state index contributed by atoms with van der Waals surface area (Å²) in [6.45, 7) is 3.16. The minimum absolute atomic E-state index is 0.114. The zero-order valence-corrected chi connectivity index (χ0v) is 16.2. The van der Waals surface area contributed by atoms with Gasteiger partial charge in [0.25, 0.3) is 5.91 Å². The Kier molecular flexibility index (Phi) is 8.10. The molecule has 0 aromatic heterocycles. The van der Waals surface area contributed by atoms with Crippen LogP contribution in [0.3, 0.4) is 0 Å². The van der Waals surface area contributed by atoms with Crippen molar-refractivity contribution in [3.63, 3.8) is 0 Å². The monoisotopic (exact) mass is 389 g/mol. The molecule has 0 spiro atoms. The standard InChI is InChI=1S/C20H24ClN3O3/c1-14-17(21)5-3-6-18(14)23-13-19(25)24-16-9-7-15(8-10-16)20(26)22-11-4-12-27-2/h3,5-10,23H,4,11-13H2,1-2H3,(H,22,26)(H,24,25). The van der Waals surface area contributed by atoms with E-state index >= 15 is 0 Å². The minimum Gasteiger partial charge on any atom is -0.385 e. The highest BCUT2D eigenvalue weighted by molar-refractivity contribution is 6.31. The second kappa shape index (κ2) is 10.5. The lowest BCUT2D eigenvalue weighted by molar-refractivity contribution is -0.114. The summed E-state index contributed by atoms with van der Waals surface area (Å²) in [6, 6.07) is 12.3. The van der Waals surface area contributed by atoms with Gasteiger partial charge in [-0.15, -0.1) is 0 Å². The van der Waals surface area contributed by atoms with E-state index < -0.39 is 0 Å². The number of rotatable bonds is 9. The van der Waals surface area contributed by atoms with Crippen molar-refractivity contribution in [1.82, 2.24) is 5.32 Å². The van der Waals surface area contributed by atoms with Gasteiger partial charge in [-0.3, -0.25) is 9.59 Å². The Morgan fingerprint density at radius 2 is 1.85 bits per heavy atom. The van der Waals surface area contributed by atoms with E-state index in [0.717, 1.165) is 17.7 Å². The zero-order valence-electron chi connectivity index (χ0n) is 15.5. The van der Waals surface area contributed by atoms with Gasteiger partial charge >= 0.3 is 0 Å². The Balaban J connectivity index is 1.82. The Morgan fingerprint density at radius 3 is 2.56 bits per heavy atom. The van der Waals surface area contributed by atoms with Crippen LogP contribution < -0.4 is 16.0 Å². The molecule has 0 atom stereocenters. The highest BCUT2D eigenvalue weighted by Gasteiger charge is 2.07. The number of halogens is 1. The molecule has 0 radical (unpaired) electrons. The van der Waals surface area contributed by atoms with E-state index in [1.165, 1.54) is 0 Å². The number of nitrogens with one attached hydrogen (secondary N) is 3. The third kappa shape index (κ3) is 6.58. The number of hydrogen-bond acceptors (Lipinski definition) is 4. The SMILES string of the molecule is COCCCNC(=O)c1ccc(NC(=O)CNc2cccc(Cl)c2C)cc1. The van der Waals surface area contributed by atoms with Crippen LogP contribution >= 0.6 is 11.6 Å². The Labute approximate surface area is 164 Å². The molecule has 27 heavy (non-hydrogen) atoms. The van der Waals surface area contributed by atoms with Crippen LogP contribution in [0.4, 0.5) is 11.4 Å². The third-order valence-electron chi connectivity index (χ3n) is 3.95. The number of amides is 2. The highest BCUT2D eigenvalue weighted by Crippen LogP contribution is 2.22. The molecule has 2 amide bonds. The lowest BCUT2D eigenvalue weighted by Crippen LogP contribution is -2.25. The molecule has 2 rings (SSSR count). The number of carbonyl (C=O) groups excluding carboxylic acids is 2. The number of methoxy groups -OCH3 is 1. The van der Waals surface area contributed by atoms with Gasteiger partial charge in [0.15, 0.2) is 0 Å². The molecule has 2 aromatic rings. The first-order valence-electron chi connectivity index (χ1n) is 8.67. The fourth-order valence-corrected chi connectivity index (χ4v) is 2.58. The highest BCUT2D eigenvalue weighted by atomic mass is 35.5. The molecule has 3 N–H and O–H groups in total. The lowest BCUT2D eigenvalue weighted by atomic mass is 10.2. The van der Waals surface area contributed by atoms with Crippen molar-refractivity contribution in [1.29, 1.82) is 0 Å². The summed E-state index contributed by atoms with van der Waals surface area (Å²) in [7, 11) is 1.63. The fourth-order valence-electron chi connectivity index (χ4n) is 2.41. The summed E-state index contributed by atoms with van der Waals surface area (Å²) >= 11 is 6.07. The first-order chi connectivity index (χ1) is 13.0. The number of hydrogen-bond donors (Lipinski definition) is 3. The van der Waals surface area contributed by atoms with E-state index in [-0.39, 0.29) is 18.4 Å². The first-order valence-corrected chi connectivity index (χ1v) is 9.05. The van der Waals surface area contributed by atoms with Crippen molar-refractivity contribution in [3.05, 3.63) is 58.6 Å². The van der Waals surface area contributed by atoms with Gasteiger partial charge in [-0.05, 0) is 55.3 Å². The molecule has 0 bridgehead atoms. The summed E-state index contributed by atoms with van der Waals surface area (Å²) in [6.07, 6.45) is 0.759. The van der Waals surface area contributed by atoms with Crippen LogP contribution in [0.5, 0.6) is 0 Å². The van der Waals surface area contributed by atoms with Crippen molar-refractivity contribution in [2.24, 2.45) is 0 Å². The summed E-state index contributed by atoms with van der Waals surface area (Å²) in [5.74, 6) is -0.340. The lowest BCUT2D eigenvalue weighted by Gasteiger charge is -2.11. The molecule has 144 valence electrons. The van der Waals surface area contributed by atoms with Crippen LogP contribution in [-0.2, 0) is 9.53 Å². The van der Waals surface area contributed by atoms with Crippen molar-refractivity contribution in [2.75, 3.05) is 37.4 Å². The van der Waals surface area contributed by atoms with Gasteiger partial charge in [0.2, 0.25) is 5.91 Å². The van der Waals surface area contributed by atoms with Crippen LogP contribution in [-0.4, -0.2) is 38.6 Å². The predicted molar refractivity (Wildman–Crippen MR) is 109 cm³/mol. The third-order valence-corrected chi connectivity index (χ3v) is 4.36. The molecule has 0 saturated heterocycles. The number of ether oxygens (including phenoxy) is 1. The summed E-state index contributed by atoms with van der Waals surface area (Å²) in [4.78, 5) is 24.1. The van der Waals surface area contributed by atoms with Crippen molar-refractivity contribution in [2.45, 2.75) is 13.3 Å². The largest absolute Gasteiger partial charge is 0.385 e. The predicted octanol–water partition coefficient (Wildman–Crippen LogP) is 3.47. The second-order valence-electron chi connectivity index (χ2n) is 5.99. The Bertz CT molecular complexity index is 779. The molecule has 7 heteroatoms. The molecule has 0 aliphatic rings.